The van der Waals surface area contributed by atoms with Crippen molar-refractivity contribution in [2.24, 2.45) is 10.9 Å². The Balaban J connectivity index is 2.54. The van der Waals surface area contributed by atoms with Crippen molar-refractivity contribution >= 4 is 17.2 Å². The van der Waals surface area contributed by atoms with Crippen molar-refractivity contribution in [2.45, 2.75) is 39.8 Å². The molecule has 0 saturated heterocycles. The summed E-state index contributed by atoms with van der Waals surface area (Å²) in [7, 11) is 0. The summed E-state index contributed by atoms with van der Waals surface area (Å²) in [5.41, 5.74) is 6.56. The maximum absolute atomic E-state index is 8.51. The van der Waals surface area contributed by atoms with Crippen LogP contribution >= 0.6 is 11.3 Å². The largest absolute Gasteiger partial charge is 0.409 e. The van der Waals surface area contributed by atoms with Crippen LogP contribution in [0, 0.1) is 6.92 Å². The van der Waals surface area contributed by atoms with Crippen LogP contribution in [-0.4, -0.2) is 33.5 Å². The molecular weight excluding hydrogens is 236 g/mol. The van der Waals surface area contributed by atoms with Gasteiger partial charge in [0.05, 0.1) is 10.7 Å². The van der Waals surface area contributed by atoms with Crippen LogP contribution in [0.2, 0.25) is 0 Å². The lowest BCUT2D eigenvalue weighted by Gasteiger charge is -2.25. The van der Waals surface area contributed by atoms with E-state index in [2.05, 4.69) is 34.3 Å². The molecular formula is C11H20N4OS. The number of nitrogens with zero attached hydrogens (tertiary/aromatic N) is 3. The van der Waals surface area contributed by atoms with Gasteiger partial charge in [-0.1, -0.05) is 5.16 Å². The maximum atomic E-state index is 8.51. The molecule has 1 rings (SSSR count). The highest BCUT2D eigenvalue weighted by atomic mass is 32.1. The molecule has 0 amide bonds. The molecule has 0 bridgehead atoms. The molecule has 17 heavy (non-hydrogen) atoms. The lowest BCUT2D eigenvalue weighted by molar-refractivity contribution is 0.215. The van der Waals surface area contributed by atoms with Crippen LogP contribution in [0.15, 0.2) is 10.5 Å². The van der Waals surface area contributed by atoms with Crippen molar-refractivity contribution < 1.29 is 5.21 Å². The van der Waals surface area contributed by atoms with Crippen molar-refractivity contribution in [2.75, 3.05) is 6.54 Å². The van der Waals surface area contributed by atoms with Gasteiger partial charge >= 0.3 is 0 Å². The van der Waals surface area contributed by atoms with Gasteiger partial charge in [0.1, 0.15) is 5.84 Å². The zero-order valence-electron chi connectivity index (χ0n) is 10.6. The molecule has 0 radical (unpaired) electrons. The second-order valence-corrected chi connectivity index (χ2v) is 5.33. The highest BCUT2D eigenvalue weighted by molar-refractivity contribution is 7.09. The van der Waals surface area contributed by atoms with Gasteiger partial charge in [-0.25, -0.2) is 4.98 Å². The SMILES string of the molecule is Cc1nc(CN(CCC(N)=NO)C(C)C)cs1. The predicted molar refractivity (Wildman–Crippen MR) is 70.4 cm³/mol. The summed E-state index contributed by atoms with van der Waals surface area (Å²) in [6.07, 6.45) is 0.567. The first-order valence-electron chi connectivity index (χ1n) is 5.64. The van der Waals surface area contributed by atoms with Crippen molar-refractivity contribution in [3.05, 3.63) is 16.1 Å². The molecule has 0 fully saturated rings. The monoisotopic (exact) mass is 256 g/mol. The van der Waals surface area contributed by atoms with Gasteiger partial charge in [-0.15, -0.1) is 11.3 Å². The van der Waals surface area contributed by atoms with E-state index in [1.54, 1.807) is 11.3 Å². The maximum Gasteiger partial charge on any atom is 0.140 e. The van der Waals surface area contributed by atoms with Crippen molar-refractivity contribution in [1.82, 2.24) is 9.88 Å². The minimum absolute atomic E-state index is 0.269. The third-order valence-corrected chi connectivity index (χ3v) is 3.37. The Morgan fingerprint density at radius 2 is 2.35 bits per heavy atom. The third-order valence-electron chi connectivity index (χ3n) is 2.55. The quantitative estimate of drug-likeness (QED) is 0.352. The van der Waals surface area contributed by atoms with Crippen LogP contribution in [0.25, 0.3) is 0 Å². The number of thiazole rings is 1. The molecule has 0 unspecified atom stereocenters. The molecule has 3 N–H and O–H groups in total. The number of amidine groups is 1. The summed E-state index contributed by atoms with van der Waals surface area (Å²) in [5, 5.41) is 14.7. The fraction of sp³-hybridized carbons (Fsp3) is 0.636. The molecule has 1 heterocycles. The summed E-state index contributed by atoms with van der Waals surface area (Å²) < 4.78 is 0. The first-order valence-corrected chi connectivity index (χ1v) is 6.52. The number of nitrogens with two attached hydrogens (primary N) is 1. The standard InChI is InChI=1S/C11H20N4OS/c1-8(2)15(5-4-11(12)14-16)6-10-7-17-9(3)13-10/h7-8,16H,4-6H2,1-3H3,(H2,12,14). The molecule has 0 aliphatic carbocycles. The second-order valence-electron chi connectivity index (χ2n) is 4.26. The molecule has 5 nitrogen and oxygen atoms in total. The number of aryl methyl sites for hydroxylation is 1. The second kappa shape index (κ2) is 6.56. The highest BCUT2D eigenvalue weighted by Gasteiger charge is 2.12. The van der Waals surface area contributed by atoms with Gasteiger partial charge < -0.3 is 10.9 Å². The van der Waals surface area contributed by atoms with Crippen LogP contribution in [0.3, 0.4) is 0 Å². The van der Waals surface area contributed by atoms with Gasteiger partial charge in [-0.2, -0.15) is 0 Å². The van der Waals surface area contributed by atoms with Gasteiger partial charge in [0, 0.05) is 30.9 Å². The topological polar surface area (TPSA) is 74.7 Å². The molecule has 0 saturated carbocycles. The normalized spacial score (nSPS) is 12.6. The average molecular weight is 256 g/mol. The molecule has 0 atom stereocenters. The smallest absolute Gasteiger partial charge is 0.140 e. The minimum atomic E-state index is 0.269. The van der Waals surface area contributed by atoms with Gasteiger partial charge in [0.25, 0.3) is 0 Å². The number of rotatable bonds is 6. The van der Waals surface area contributed by atoms with Crippen molar-refractivity contribution in [3.8, 4) is 0 Å². The highest BCUT2D eigenvalue weighted by Crippen LogP contribution is 2.12. The molecule has 0 aromatic carbocycles. The molecule has 0 aliphatic heterocycles. The number of hydrogen-bond donors (Lipinski definition) is 2. The van der Waals surface area contributed by atoms with Crippen LogP contribution in [-0.2, 0) is 6.54 Å². The van der Waals surface area contributed by atoms with Crippen LogP contribution in [0.5, 0.6) is 0 Å². The Hall–Kier alpha value is -1.14. The van der Waals surface area contributed by atoms with Crippen molar-refractivity contribution in [1.29, 1.82) is 0 Å². The molecule has 0 spiro atoms. The average Bonchev–Trinajstić information content (AvgIpc) is 2.69. The Bertz CT molecular complexity index is 375. The lowest BCUT2D eigenvalue weighted by atomic mass is 10.2. The summed E-state index contributed by atoms with van der Waals surface area (Å²) in [6, 6.07) is 0.406. The van der Waals surface area contributed by atoms with E-state index in [1.807, 2.05) is 6.92 Å². The number of aromatic nitrogens is 1. The first kappa shape index (κ1) is 13.9. The van der Waals surface area contributed by atoms with E-state index in [-0.39, 0.29) is 5.84 Å². The minimum Gasteiger partial charge on any atom is -0.409 e. The van der Waals surface area contributed by atoms with E-state index in [1.165, 1.54) is 0 Å². The molecule has 0 aliphatic rings. The first-order chi connectivity index (χ1) is 8.02. The Morgan fingerprint density at radius 1 is 1.65 bits per heavy atom. The van der Waals surface area contributed by atoms with E-state index >= 15 is 0 Å². The van der Waals surface area contributed by atoms with Crippen LogP contribution < -0.4 is 5.73 Å². The number of oxime groups is 1. The predicted octanol–water partition coefficient (Wildman–Crippen LogP) is 1.80. The van der Waals surface area contributed by atoms with Crippen molar-refractivity contribution in [3.63, 3.8) is 0 Å². The number of hydrogen-bond acceptors (Lipinski definition) is 5. The summed E-state index contributed by atoms with van der Waals surface area (Å²) in [4.78, 5) is 6.70. The van der Waals surface area contributed by atoms with E-state index < -0.39 is 0 Å². The zero-order chi connectivity index (χ0) is 12.8. The Labute approximate surface area is 106 Å². The Kier molecular flexibility index (Phi) is 5.37. The van der Waals surface area contributed by atoms with E-state index in [0.717, 1.165) is 23.8 Å². The summed E-state index contributed by atoms with van der Waals surface area (Å²) in [5.74, 6) is 0.269. The fourth-order valence-electron chi connectivity index (χ4n) is 1.52. The van der Waals surface area contributed by atoms with Gasteiger partial charge in [-0.3, -0.25) is 4.90 Å². The third kappa shape index (κ3) is 4.70. The molecule has 1 aromatic heterocycles. The van der Waals surface area contributed by atoms with Crippen LogP contribution in [0.4, 0.5) is 0 Å². The van der Waals surface area contributed by atoms with Gasteiger partial charge in [0.15, 0.2) is 0 Å². The van der Waals surface area contributed by atoms with Gasteiger partial charge in [0.2, 0.25) is 0 Å². The molecule has 6 heteroatoms. The van der Waals surface area contributed by atoms with E-state index in [9.17, 15) is 0 Å². The van der Waals surface area contributed by atoms with Gasteiger partial charge in [-0.05, 0) is 20.8 Å². The zero-order valence-corrected chi connectivity index (χ0v) is 11.4. The molecule has 96 valence electrons. The van der Waals surface area contributed by atoms with E-state index in [0.29, 0.717) is 12.5 Å². The van der Waals surface area contributed by atoms with Crippen LogP contribution in [0.1, 0.15) is 31.0 Å². The summed E-state index contributed by atoms with van der Waals surface area (Å²) in [6.45, 7) is 7.84. The summed E-state index contributed by atoms with van der Waals surface area (Å²) >= 11 is 1.66. The molecule has 1 aromatic rings. The fourth-order valence-corrected chi connectivity index (χ4v) is 2.12. The van der Waals surface area contributed by atoms with E-state index in [4.69, 9.17) is 10.9 Å². The lowest BCUT2D eigenvalue weighted by Crippen LogP contribution is -2.33. The Morgan fingerprint density at radius 3 is 2.82 bits per heavy atom.